The molecule has 0 aliphatic heterocycles. The van der Waals surface area contributed by atoms with E-state index in [1.165, 1.54) is 0 Å². The van der Waals surface area contributed by atoms with Crippen molar-refractivity contribution in [2.75, 3.05) is 32.2 Å². The van der Waals surface area contributed by atoms with Crippen molar-refractivity contribution in [1.82, 2.24) is 4.98 Å². The molecule has 0 aromatic carbocycles. The van der Waals surface area contributed by atoms with E-state index >= 15 is 0 Å². The van der Waals surface area contributed by atoms with Crippen molar-refractivity contribution >= 4 is 11.6 Å². The van der Waals surface area contributed by atoms with Crippen LogP contribution < -0.4 is 10.1 Å². The lowest BCUT2D eigenvalue weighted by Gasteiger charge is -2.37. The second-order valence-corrected chi connectivity index (χ2v) is 6.28. The van der Waals surface area contributed by atoms with Crippen molar-refractivity contribution in [1.29, 1.82) is 0 Å². The van der Waals surface area contributed by atoms with E-state index in [2.05, 4.69) is 17.2 Å². The van der Waals surface area contributed by atoms with E-state index in [1.54, 1.807) is 25.4 Å². The Morgan fingerprint density at radius 2 is 2.25 bits per heavy atom. The number of hydrogen-bond donors (Lipinski definition) is 1. The Labute approximate surface area is 143 Å². The highest BCUT2D eigenvalue weighted by Crippen LogP contribution is 2.35. The molecule has 2 rings (SSSR count). The number of hydrogen-bond acceptors (Lipinski definition) is 5. The van der Waals surface area contributed by atoms with Crippen LogP contribution in [0.15, 0.2) is 18.3 Å². The number of nitrogens with zero attached hydrogens (tertiary/aromatic N) is 1. The topological polar surface area (TPSA) is 69.7 Å². The first kappa shape index (κ1) is 18.7. The second kappa shape index (κ2) is 8.99. The van der Waals surface area contributed by atoms with Gasteiger partial charge in [-0.2, -0.15) is 0 Å². The maximum atomic E-state index is 12.7. The van der Waals surface area contributed by atoms with Crippen LogP contribution >= 0.6 is 0 Å². The molecule has 24 heavy (non-hydrogen) atoms. The molecule has 134 valence electrons. The predicted octanol–water partition coefficient (Wildman–Crippen LogP) is 3.03. The van der Waals surface area contributed by atoms with Gasteiger partial charge in [-0.15, -0.1) is 0 Å². The van der Waals surface area contributed by atoms with Crippen LogP contribution in [0.3, 0.4) is 0 Å². The minimum absolute atomic E-state index is 0.0941. The molecule has 6 nitrogen and oxygen atoms in total. The molecule has 1 heterocycles. The van der Waals surface area contributed by atoms with Gasteiger partial charge in [0.15, 0.2) is 0 Å². The van der Waals surface area contributed by atoms with Gasteiger partial charge in [-0.3, -0.25) is 4.79 Å². The highest BCUT2D eigenvalue weighted by molar-refractivity contribution is 5.97. The summed E-state index contributed by atoms with van der Waals surface area (Å²) in [5.41, 5.74) is -0.0866. The number of carbonyl (C=O) groups is 1. The number of amides is 1. The summed E-state index contributed by atoms with van der Waals surface area (Å²) < 4.78 is 16.3. The van der Waals surface area contributed by atoms with Gasteiger partial charge < -0.3 is 19.5 Å². The largest absolute Gasteiger partial charge is 0.475 e. The Kier molecular flexibility index (Phi) is 6.99. The zero-order valence-electron chi connectivity index (χ0n) is 14.8. The molecule has 1 fully saturated rings. The summed E-state index contributed by atoms with van der Waals surface area (Å²) in [6.07, 6.45) is 5.26. The molecule has 1 N–H and O–H groups in total. The maximum absolute atomic E-state index is 12.7. The van der Waals surface area contributed by atoms with Crippen LogP contribution in [0.5, 0.6) is 5.88 Å². The minimum Gasteiger partial charge on any atom is -0.475 e. The van der Waals surface area contributed by atoms with Crippen LogP contribution in [0.2, 0.25) is 0 Å². The summed E-state index contributed by atoms with van der Waals surface area (Å²) in [4.78, 5) is 16.9. The molecule has 0 spiro atoms. The number of methoxy groups -OCH3 is 1. The number of nitrogens with one attached hydrogen (secondary N) is 1. The lowest BCUT2D eigenvalue weighted by atomic mass is 9.78. The summed E-state index contributed by atoms with van der Waals surface area (Å²) >= 11 is 0. The molecule has 1 aliphatic rings. The molecule has 0 saturated heterocycles. The third-order valence-electron chi connectivity index (χ3n) is 4.44. The smallest absolute Gasteiger partial charge is 0.256 e. The Morgan fingerprint density at radius 1 is 1.42 bits per heavy atom. The van der Waals surface area contributed by atoms with Crippen molar-refractivity contribution in [2.24, 2.45) is 5.92 Å². The first-order chi connectivity index (χ1) is 11.6. The fourth-order valence-corrected chi connectivity index (χ4v) is 3.12. The highest BCUT2D eigenvalue weighted by atomic mass is 16.5. The SMILES string of the molecule is CCOCCOc1ccc(NC(=O)[C@]2(OC)CCC[C@H](C)C2)cn1. The van der Waals surface area contributed by atoms with Gasteiger partial charge in [0.25, 0.3) is 5.91 Å². The Morgan fingerprint density at radius 3 is 2.88 bits per heavy atom. The van der Waals surface area contributed by atoms with Gasteiger partial charge >= 0.3 is 0 Å². The Balaban J connectivity index is 1.91. The number of aromatic nitrogens is 1. The first-order valence-electron chi connectivity index (χ1n) is 8.63. The van der Waals surface area contributed by atoms with Gasteiger partial charge in [0, 0.05) is 19.8 Å². The average molecular weight is 336 g/mol. The summed E-state index contributed by atoms with van der Waals surface area (Å²) in [5.74, 6) is 0.910. The van der Waals surface area contributed by atoms with Gasteiger partial charge in [-0.1, -0.05) is 13.3 Å². The van der Waals surface area contributed by atoms with Crippen molar-refractivity contribution in [3.8, 4) is 5.88 Å². The summed E-state index contributed by atoms with van der Waals surface area (Å²) in [6.45, 7) is 5.76. The van der Waals surface area contributed by atoms with E-state index in [0.29, 0.717) is 37.3 Å². The molecule has 1 saturated carbocycles. The van der Waals surface area contributed by atoms with Crippen LogP contribution in [0.4, 0.5) is 5.69 Å². The average Bonchev–Trinajstić information content (AvgIpc) is 2.60. The molecule has 6 heteroatoms. The molecule has 0 unspecified atom stereocenters. The van der Waals surface area contributed by atoms with Gasteiger partial charge in [0.1, 0.15) is 12.2 Å². The van der Waals surface area contributed by atoms with Crippen molar-refractivity contribution < 1.29 is 19.0 Å². The normalized spacial score (nSPS) is 23.7. The Bertz CT molecular complexity index is 520. The van der Waals surface area contributed by atoms with E-state index in [0.717, 1.165) is 25.7 Å². The molecular formula is C18H28N2O4. The van der Waals surface area contributed by atoms with Crippen LogP contribution in [0.1, 0.15) is 39.5 Å². The molecule has 0 radical (unpaired) electrons. The zero-order chi connectivity index (χ0) is 17.4. The number of ether oxygens (including phenoxy) is 3. The summed E-state index contributed by atoms with van der Waals surface area (Å²) in [5, 5.41) is 2.92. The predicted molar refractivity (Wildman–Crippen MR) is 92.2 cm³/mol. The zero-order valence-corrected chi connectivity index (χ0v) is 14.8. The first-order valence-corrected chi connectivity index (χ1v) is 8.63. The van der Waals surface area contributed by atoms with Crippen molar-refractivity contribution in [2.45, 2.75) is 45.1 Å². The van der Waals surface area contributed by atoms with Gasteiger partial charge in [-0.25, -0.2) is 4.98 Å². The molecule has 1 aromatic heterocycles. The van der Waals surface area contributed by atoms with E-state index in [9.17, 15) is 4.79 Å². The number of rotatable bonds is 8. The molecule has 2 atom stereocenters. The lowest BCUT2D eigenvalue weighted by Crippen LogP contribution is -2.47. The monoisotopic (exact) mass is 336 g/mol. The number of carbonyl (C=O) groups excluding carboxylic acids is 1. The summed E-state index contributed by atoms with van der Waals surface area (Å²) in [7, 11) is 1.62. The maximum Gasteiger partial charge on any atom is 0.256 e. The fraction of sp³-hybridized carbons (Fsp3) is 0.667. The van der Waals surface area contributed by atoms with E-state index < -0.39 is 5.60 Å². The standard InChI is InChI=1S/C18H28N2O4/c1-4-23-10-11-24-16-8-7-15(13-19-16)20-17(21)18(22-3)9-5-6-14(2)12-18/h7-8,13-14H,4-6,9-12H2,1-3H3,(H,20,21)/t14-,18-/m0/s1. The molecule has 1 aliphatic carbocycles. The van der Waals surface area contributed by atoms with E-state index in [-0.39, 0.29) is 5.91 Å². The van der Waals surface area contributed by atoms with Crippen LogP contribution in [-0.2, 0) is 14.3 Å². The quantitative estimate of drug-likeness (QED) is 0.739. The highest BCUT2D eigenvalue weighted by Gasteiger charge is 2.41. The molecule has 1 amide bonds. The minimum atomic E-state index is -0.732. The lowest BCUT2D eigenvalue weighted by molar-refractivity contribution is -0.143. The second-order valence-electron chi connectivity index (χ2n) is 6.28. The van der Waals surface area contributed by atoms with Crippen LogP contribution in [0.25, 0.3) is 0 Å². The van der Waals surface area contributed by atoms with Gasteiger partial charge in [-0.05, 0) is 38.2 Å². The third kappa shape index (κ3) is 4.92. The fourth-order valence-electron chi connectivity index (χ4n) is 3.12. The van der Waals surface area contributed by atoms with Crippen LogP contribution in [0, 0.1) is 5.92 Å². The summed E-state index contributed by atoms with van der Waals surface area (Å²) in [6, 6.07) is 3.53. The third-order valence-corrected chi connectivity index (χ3v) is 4.44. The van der Waals surface area contributed by atoms with Gasteiger partial charge in [0.05, 0.1) is 18.5 Å². The van der Waals surface area contributed by atoms with E-state index in [1.807, 2.05) is 6.92 Å². The Hall–Kier alpha value is -1.66. The number of pyridine rings is 1. The van der Waals surface area contributed by atoms with Gasteiger partial charge in [0.2, 0.25) is 5.88 Å². The molecule has 1 aromatic rings. The van der Waals surface area contributed by atoms with Crippen LogP contribution in [-0.4, -0.2) is 43.4 Å². The molecular weight excluding hydrogens is 308 g/mol. The van der Waals surface area contributed by atoms with Crippen molar-refractivity contribution in [3.63, 3.8) is 0 Å². The van der Waals surface area contributed by atoms with E-state index in [4.69, 9.17) is 14.2 Å². The number of anilines is 1. The molecule has 0 bridgehead atoms. The van der Waals surface area contributed by atoms with Crippen molar-refractivity contribution in [3.05, 3.63) is 18.3 Å².